The van der Waals surface area contributed by atoms with Gasteiger partial charge in [0.15, 0.2) is 0 Å². The Morgan fingerprint density at radius 3 is 1.71 bits per heavy atom. The molecule has 4 heteroatoms. The standard InChI is InChI=1S/C24H50BO2P/c1-4-6-7-8-9-10-11-12-13-14-15-16-17-18-19-26-24-22(25)20-21(5-2)23(24)27-28-3/h21-24,28H,4-20,25H2,1-3H3. The van der Waals surface area contributed by atoms with E-state index in [1.54, 1.807) is 0 Å². The van der Waals surface area contributed by atoms with Crippen molar-refractivity contribution in [3.8, 4) is 0 Å². The number of unbranched alkanes of at least 4 members (excludes halogenated alkanes) is 13. The Kier molecular flexibility index (Phi) is 17.2. The van der Waals surface area contributed by atoms with E-state index in [2.05, 4.69) is 28.4 Å². The molecule has 0 saturated heterocycles. The zero-order chi connectivity index (χ0) is 20.5. The van der Waals surface area contributed by atoms with Crippen molar-refractivity contribution in [3.05, 3.63) is 0 Å². The van der Waals surface area contributed by atoms with Gasteiger partial charge in [0.25, 0.3) is 0 Å². The minimum absolute atomic E-state index is 0.333. The molecule has 0 bridgehead atoms. The van der Waals surface area contributed by atoms with Crippen LogP contribution in [0, 0.1) is 5.92 Å². The first-order chi connectivity index (χ1) is 13.7. The van der Waals surface area contributed by atoms with E-state index in [0.29, 0.717) is 32.8 Å². The molecule has 1 fully saturated rings. The van der Waals surface area contributed by atoms with Crippen LogP contribution in [0.15, 0.2) is 0 Å². The summed E-state index contributed by atoms with van der Waals surface area (Å²) in [5.41, 5.74) is 0. The summed E-state index contributed by atoms with van der Waals surface area (Å²) in [4.78, 5) is 0. The second-order valence-electron chi connectivity index (χ2n) is 9.10. The summed E-state index contributed by atoms with van der Waals surface area (Å²) >= 11 is 0. The fourth-order valence-electron chi connectivity index (χ4n) is 4.81. The Hall–Kier alpha value is 0.415. The first-order valence-electron chi connectivity index (χ1n) is 12.7. The molecule has 0 aliphatic heterocycles. The highest BCUT2D eigenvalue weighted by atomic mass is 31.1. The minimum atomic E-state index is 0.333. The van der Waals surface area contributed by atoms with Crippen molar-refractivity contribution in [2.24, 2.45) is 5.92 Å². The summed E-state index contributed by atoms with van der Waals surface area (Å²) in [6.07, 6.45) is 22.9. The smallest absolute Gasteiger partial charge is 0.108 e. The van der Waals surface area contributed by atoms with Crippen LogP contribution in [0.2, 0.25) is 5.82 Å². The predicted molar refractivity (Wildman–Crippen MR) is 130 cm³/mol. The fourth-order valence-corrected chi connectivity index (χ4v) is 5.41. The van der Waals surface area contributed by atoms with Gasteiger partial charge >= 0.3 is 0 Å². The van der Waals surface area contributed by atoms with Crippen molar-refractivity contribution in [3.63, 3.8) is 0 Å². The van der Waals surface area contributed by atoms with Crippen LogP contribution in [0.25, 0.3) is 0 Å². The molecule has 1 rings (SSSR count). The first kappa shape index (κ1) is 26.5. The minimum Gasteiger partial charge on any atom is -0.376 e. The van der Waals surface area contributed by atoms with Crippen LogP contribution < -0.4 is 0 Å². The third kappa shape index (κ3) is 11.6. The van der Waals surface area contributed by atoms with Gasteiger partial charge in [0.1, 0.15) is 7.85 Å². The molecule has 1 saturated carbocycles. The Labute approximate surface area is 180 Å². The third-order valence-corrected chi connectivity index (χ3v) is 7.12. The van der Waals surface area contributed by atoms with Gasteiger partial charge in [-0.2, -0.15) is 0 Å². The van der Waals surface area contributed by atoms with Gasteiger partial charge in [0, 0.05) is 15.4 Å². The number of hydrogen-bond donors (Lipinski definition) is 0. The van der Waals surface area contributed by atoms with Crippen molar-refractivity contribution >= 4 is 16.7 Å². The van der Waals surface area contributed by atoms with Gasteiger partial charge in [-0.05, 0) is 31.2 Å². The molecule has 5 atom stereocenters. The van der Waals surface area contributed by atoms with Crippen molar-refractivity contribution in [1.82, 2.24) is 0 Å². The first-order valence-corrected chi connectivity index (χ1v) is 14.1. The lowest BCUT2D eigenvalue weighted by Crippen LogP contribution is -2.31. The molecular weight excluding hydrogens is 362 g/mol. The molecule has 2 nitrogen and oxygen atoms in total. The molecule has 0 amide bonds. The predicted octanol–water partition coefficient (Wildman–Crippen LogP) is 7.31. The van der Waals surface area contributed by atoms with E-state index in [4.69, 9.17) is 9.26 Å². The van der Waals surface area contributed by atoms with Gasteiger partial charge in [-0.3, -0.25) is 0 Å². The lowest BCUT2D eigenvalue weighted by Gasteiger charge is -2.25. The van der Waals surface area contributed by atoms with E-state index in [1.165, 1.54) is 103 Å². The monoisotopic (exact) mass is 412 g/mol. The van der Waals surface area contributed by atoms with E-state index >= 15 is 0 Å². The molecule has 0 aromatic carbocycles. The maximum absolute atomic E-state index is 6.30. The lowest BCUT2D eigenvalue weighted by atomic mass is 9.83. The molecule has 1 aliphatic rings. The van der Waals surface area contributed by atoms with Crippen LogP contribution in [0.3, 0.4) is 0 Å². The highest BCUT2D eigenvalue weighted by Gasteiger charge is 2.41. The molecule has 0 radical (unpaired) electrons. The van der Waals surface area contributed by atoms with Crippen molar-refractivity contribution in [1.29, 1.82) is 0 Å². The van der Waals surface area contributed by atoms with Crippen molar-refractivity contribution in [2.75, 3.05) is 13.3 Å². The van der Waals surface area contributed by atoms with Crippen LogP contribution in [-0.2, 0) is 9.26 Å². The lowest BCUT2D eigenvalue weighted by molar-refractivity contribution is -0.0155. The Bertz CT molecular complexity index is 343. The summed E-state index contributed by atoms with van der Waals surface area (Å²) in [5, 5.41) is 0. The highest BCUT2D eigenvalue weighted by Crippen LogP contribution is 2.41. The molecule has 166 valence electrons. The van der Waals surface area contributed by atoms with Gasteiger partial charge in [-0.25, -0.2) is 0 Å². The second kappa shape index (κ2) is 18.2. The quantitative estimate of drug-likeness (QED) is 0.126. The SMILES string of the molecule is BC1CC(CC)C(OPC)C1OCCCCCCCCCCCCCCCC. The average molecular weight is 412 g/mol. The Morgan fingerprint density at radius 1 is 0.750 bits per heavy atom. The fraction of sp³-hybridized carbons (Fsp3) is 1.00. The van der Waals surface area contributed by atoms with Crippen LogP contribution in [0.5, 0.6) is 0 Å². The summed E-state index contributed by atoms with van der Waals surface area (Å²) in [7, 11) is 2.93. The number of hydrogen-bond acceptors (Lipinski definition) is 2. The molecule has 1 aliphatic carbocycles. The van der Waals surface area contributed by atoms with Crippen LogP contribution in [0.4, 0.5) is 0 Å². The highest BCUT2D eigenvalue weighted by molar-refractivity contribution is 7.31. The summed E-state index contributed by atoms with van der Waals surface area (Å²) in [6.45, 7) is 7.65. The van der Waals surface area contributed by atoms with Crippen molar-refractivity contribution in [2.45, 2.75) is 135 Å². The van der Waals surface area contributed by atoms with Crippen LogP contribution in [0.1, 0.15) is 117 Å². The normalized spacial score (nSPS) is 25.2. The molecule has 5 unspecified atom stereocenters. The van der Waals surface area contributed by atoms with E-state index < -0.39 is 0 Å². The van der Waals surface area contributed by atoms with Gasteiger partial charge in [-0.15, -0.1) is 0 Å². The summed E-state index contributed by atoms with van der Waals surface area (Å²) in [5.74, 6) is 1.35. The number of ether oxygens (including phenoxy) is 1. The average Bonchev–Trinajstić information content (AvgIpc) is 3.00. The van der Waals surface area contributed by atoms with E-state index in [-0.39, 0.29) is 0 Å². The topological polar surface area (TPSA) is 18.5 Å². The molecule has 0 N–H and O–H groups in total. The van der Waals surface area contributed by atoms with Gasteiger partial charge < -0.3 is 9.26 Å². The third-order valence-electron chi connectivity index (χ3n) is 6.61. The molecule has 0 heterocycles. The summed E-state index contributed by atoms with van der Waals surface area (Å²) < 4.78 is 12.4. The van der Waals surface area contributed by atoms with Crippen LogP contribution in [-0.4, -0.2) is 33.3 Å². The maximum atomic E-state index is 6.30. The molecule has 0 spiro atoms. The van der Waals surface area contributed by atoms with Gasteiger partial charge in [-0.1, -0.05) is 104 Å². The number of rotatable bonds is 19. The zero-order valence-electron chi connectivity index (χ0n) is 19.6. The zero-order valence-corrected chi connectivity index (χ0v) is 20.6. The molecule has 0 aromatic rings. The van der Waals surface area contributed by atoms with Gasteiger partial charge in [0.2, 0.25) is 0 Å². The van der Waals surface area contributed by atoms with E-state index in [1.807, 2.05) is 0 Å². The van der Waals surface area contributed by atoms with E-state index in [0.717, 1.165) is 6.61 Å². The largest absolute Gasteiger partial charge is 0.376 e. The van der Waals surface area contributed by atoms with Crippen molar-refractivity contribution < 1.29 is 9.26 Å². The van der Waals surface area contributed by atoms with Gasteiger partial charge in [0.05, 0.1) is 12.2 Å². The molecule has 28 heavy (non-hydrogen) atoms. The maximum Gasteiger partial charge on any atom is 0.108 e. The Balaban J connectivity index is 1.91. The second-order valence-corrected chi connectivity index (χ2v) is 9.74. The molecule has 0 aromatic heterocycles. The van der Waals surface area contributed by atoms with E-state index in [9.17, 15) is 0 Å². The molecular formula is C24H50BO2P. The Morgan fingerprint density at radius 2 is 1.25 bits per heavy atom. The summed E-state index contributed by atoms with van der Waals surface area (Å²) in [6, 6.07) is 0. The van der Waals surface area contributed by atoms with Crippen LogP contribution >= 0.6 is 8.81 Å².